The molecule has 0 radical (unpaired) electrons. The number of anilines is 1. The van der Waals surface area contributed by atoms with Crippen LogP contribution in [0.3, 0.4) is 0 Å². The number of carboxylic acids is 1. The molecular formula is C15H14FNO4S. The molecule has 0 bridgehead atoms. The first-order valence-corrected chi connectivity index (χ1v) is 7.76. The lowest BCUT2D eigenvalue weighted by molar-refractivity contribution is 0.0696. The quantitative estimate of drug-likeness (QED) is 0.938. The highest BCUT2D eigenvalue weighted by Gasteiger charge is 2.24. The number of aryl methyl sites for hydroxylation is 1. The molecule has 0 heterocycles. The highest BCUT2D eigenvalue weighted by molar-refractivity contribution is 7.92. The second-order valence-corrected chi connectivity index (χ2v) is 6.67. The second kappa shape index (κ2) is 5.76. The average Bonchev–Trinajstić information content (AvgIpc) is 2.47. The molecule has 0 saturated carbocycles. The first-order valence-electron chi connectivity index (χ1n) is 6.32. The smallest absolute Gasteiger partial charge is 0.335 e. The fourth-order valence-electron chi connectivity index (χ4n) is 1.95. The summed E-state index contributed by atoms with van der Waals surface area (Å²) in [5.74, 6) is -1.68. The fraction of sp³-hybridized carbons (Fsp3) is 0.133. The average molecular weight is 323 g/mol. The van der Waals surface area contributed by atoms with Gasteiger partial charge >= 0.3 is 5.97 Å². The first kappa shape index (κ1) is 16.0. The predicted octanol–water partition coefficient (Wildman–Crippen LogP) is 2.66. The van der Waals surface area contributed by atoms with Crippen molar-refractivity contribution in [3.8, 4) is 0 Å². The lowest BCUT2D eigenvalue weighted by Crippen LogP contribution is -2.27. The van der Waals surface area contributed by atoms with Crippen LogP contribution in [-0.2, 0) is 10.0 Å². The zero-order chi connectivity index (χ0) is 16.5. The topological polar surface area (TPSA) is 74.7 Å². The molecule has 0 aromatic heterocycles. The van der Waals surface area contributed by atoms with Gasteiger partial charge in [0.15, 0.2) is 0 Å². The first-order chi connectivity index (χ1) is 10.2. The molecule has 2 aromatic rings. The minimum absolute atomic E-state index is 0.0979. The molecule has 0 unspecified atom stereocenters. The van der Waals surface area contributed by atoms with E-state index in [-0.39, 0.29) is 16.1 Å². The van der Waals surface area contributed by atoms with Crippen molar-refractivity contribution in [3.05, 3.63) is 59.4 Å². The van der Waals surface area contributed by atoms with Gasteiger partial charge < -0.3 is 5.11 Å². The molecule has 1 N–H and O–H groups in total. The third kappa shape index (κ3) is 2.94. The minimum atomic E-state index is -3.94. The SMILES string of the molecule is Cc1ccc(C(=O)O)cc1S(=O)(=O)N(C)c1ccc(F)cc1. The second-order valence-electron chi connectivity index (χ2n) is 4.73. The Morgan fingerprint density at radius 1 is 1.14 bits per heavy atom. The normalized spacial score (nSPS) is 11.2. The molecule has 0 amide bonds. The van der Waals surface area contributed by atoms with Gasteiger partial charge in [-0.15, -0.1) is 0 Å². The van der Waals surface area contributed by atoms with Gasteiger partial charge in [-0.3, -0.25) is 4.31 Å². The number of hydrogen-bond acceptors (Lipinski definition) is 3. The maximum atomic E-state index is 12.9. The number of aromatic carboxylic acids is 1. The third-order valence-corrected chi connectivity index (χ3v) is 5.19. The van der Waals surface area contributed by atoms with Crippen molar-refractivity contribution in [3.63, 3.8) is 0 Å². The number of halogens is 1. The van der Waals surface area contributed by atoms with E-state index in [9.17, 15) is 17.6 Å². The molecule has 0 saturated heterocycles. The maximum absolute atomic E-state index is 12.9. The molecule has 0 spiro atoms. The van der Waals surface area contributed by atoms with Crippen LogP contribution in [0.5, 0.6) is 0 Å². The van der Waals surface area contributed by atoms with E-state index in [1.165, 1.54) is 31.3 Å². The largest absolute Gasteiger partial charge is 0.478 e. The number of carbonyl (C=O) groups is 1. The maximum Gasteiger partial charge on any atom is 0.335 e. The summed E-state index contributed by atoms with van der Waals surface area (Å²) in [6, 6.07) is 8.88. The number of hydrogen-bond donors (Lipinski definition) is 1. The summed E-state index contributed by atoms with van der Waals surface area (Å²) < 4.78 is 39.2. The molecule has 2 rings (SSSR count). The summed E-state index contributed by atoms with van der Waals surface area (Å²) in [5.41, 5.74) is 0.595. The van der Waals surface area contributed by atoms with E-state index < -0.39 is 21.8 Å². The van der Waals surface area contributed by atoms with Gasteiger partial charge in [-0.05, 0) is 48.9 Å². The van der Waals surface area contributed by atoms with Crippen LogP contribution in [0.25, 0.3) is 0 Å². The molecule has 0 fully saturated rings. The number of sulfonamides is 1. The van der Waals surface area contributed by atoms with Crippen LogP contribution in [0.1, 0.15) is 15.9 Å². The van der Waals surface area contributed by atoms with Gasteiger partial charge in [0, 0.05) is 7.05 Å². The van der Waals surface area contributed by atoms with Crippen LogP contribution in [0.4, 0.5) is 10.1 Å². The molecule has 2 aromatic carbocycles. The van der Waals surface area contributed by atoms with Gasteiger partial charge in [-0.2, -0.15) is 0 Å². The summed E-state index contributed by atoms with van der Waals surface area (Å²) in [6.45, 7) is 1.58. The van der Waals surface area contributed by atoms with Crippen LogP contribution in [0.2, 0.25) is 0 Å². The fourth-order valence-corrected chi connectivity index (χ4v) is 3.39. The number of benzene rings is 2. The number of nitrogens with zero attached hydrogens (tertiary/aromatic N) is 1. The van der Waals surface area contributed by atoms with E-state index in [4.69, 9.17) is 5.11 Å². The molecule has 7 heteroatoms. The Bertz CT molecular complexity index is 816. The third-order valence-electron chi connectivity index (χ3n) is 3.26. The Labute approximate surface area is 127 Å². The van der Waals surface area contributed by atoms with Crippen LogP contribution < -0.4 is 4.31 Å². The summed E-state index contributed by atoms with van der Waals surface area (Å²) in [5, 5.41) is 9.00. The van der Waals surface area contributed by atoms with Gasteiger partial charge in [-0.1, -0.05) is 6.07 Å². The Hall–Kier alpha value is -2.41. The Morgan fingerprint density at radius 3 is 2.27 bits per heavy atom. The Kier molecular flexibility index (Phi) is 4.18. The van der Waals surface area contributed by atoms with E-state index in [0.29, 0.717) is 5.56 Å². The van der Waals surface area contributed by atoms with E-state index >= 15 is 0 Å². The minimum Gasteiger partial charge on any atom is -0.478 e. The zero-order valence-corrected chi connectivity index (χ0v) is 12.8. The van der Waals surface area contributed by atoms with E-state index in [1.54, 1.807) is 6.92 Å². The van der Waals surface area contributed by atoms with E-state index in [1.807, 2.05) is 0 Å². The van der Waals surface area contributed by atoms with Crippen LogP contribution >= 0.6 is 0 Å². The van der Waals surface area contributed by atoms with E-state index in [0.717, 1.165) is 22.5 Å². The van der Waals surface area contributed by atoms with Gasteiger partial charge in [0.05, 0.1) is 16.1 Å². The van der Waals surface area contributed by atoms with Crippen LogP contribution in [-0.4, -0.2) is 26.5 Å². The standard InChI is InChI=1S/C15H14FNO4S/c1-10-3-4-11(15(18)19)9-14(10)22(20,21)17(2)13-7-5-12(16)6-8-13/h3-9H,1-2H3,(H,18,19). The summed E-state index contributed by atoms with van der Waals surface area (Å²) >= 11 is 0. The van der Waals surface area contributed by atoms with Crippen molar-refractivity contribution in [2.75, 3.05) is 11.4 Å². The van der Waals surface area contributed by atoms with Crippen molar-refractivity contribution in [2.24, 2.45) is 0 Å². The predicted molar refractivity (Wildman–Crippen MR) is 80.1 cm³/mol. The molecule has 22 heavy (non-hydrogen) atoms. The Morgan fingerprint density at radius 2 is 1.73 bits per heavy atom. The van der Waals surface area contributed by atoms with Crippen LogP contribution in [0.15, 0.2) is 47.4 Å². The monoisotopic (exact) mass is 323 g/mol. The highest BCUT2D eigenvalue weighted by atomic mass is 32.2. The molecule has 0 aliphatic heterocycles. The Balaban J connectivity index is 2.52. The molecule has 0 aliphatic carbocycles. The summed E-state index contributed by atoms with van der Waals surface area (Å²) in [7, 11) is -2.62. The number of rotatable bonds is 4. The summed E-state index contributed by atoms with van der Waals surface area (Å²) in [6.07, 6.45) is 0. The summed E-state index contributed by atoms with van der Waals surface area (Å²) in [4.78, 5) is 10.9. The van der Waals surface area contributed by atoms with Crippen molar-refractivity contribution < 1.29 is 22.7 Å². The lowest BCUT2D eigenvalue weighted by Gasteiger charge is -2.21. The van der Waals surface area contributed by atoms with Gasteiger partial charge in [-0.25, -0.2) is 17.6 Å². The van der Waals surface area contributed by atoms with Crippen molar-refractivity contribution in [1.82, 2.24) is 0 Å². The van der Waals surface area contributed by atoms with Gasteiger partial charge in [0.25, 0.3) is 10.0 Å². The van der Waals surface area contributed by atoms with Gasteiger partial charge in [0.1, 0.15) is 5.82 Å². The number of carboxylic acid groups (broad SMARTS) is 1. The van der Waals surface area contributed by atoms with E-state index in [2.05, 4.69) is 0 Å². The molecule has 5 nitrogen and oxygen atoms in total. The van der Waals surface area contributed by atoms with Crippen molar-refractivity contribution >= 4 is 21.7 Å². The molecule has 116 valence electrons. The highest BCUT2D eigenvalue weighted by Crippen LogP contribution is 2.25. The van der Waals surface area contributed by atoms with Gasteiger partial charge in [0.2, 0.25) is 0 Å². The lowest BCUT2D eigenvalue weighted by atomic mass is 10.1. The van der Waals surface area contributed by atoms with Crippen LogP contribution in [0, 0.1) is 12.7 Å². The molecule has 0 atom stereocenters. The van der Waals surface area contributed by atoms with Crippen molar-refractivity contribution in [1.29, 1.82) is 0 Å². The molecule has 0 aliphatic rings. The molecular weight excluding hydrogens is 309 g/mol. The zero-order valence-electron chi connectivity index (χ0n) is 11.9. The van der Waals surface area contributed by atoms with Crippen molar-refractivity contribution in [2.45, 2.75) is 11.8 Å².